The molecule has 1 aromatic carbocycles. The molecule has 0 radical (unpaired) electrons. The van der Waals surface area contributed by atoms with Crippen LogP contribution in [-0.4, -0.2) is 46.3 Å². The number of aromatic nitrogens is 2. The molecule has 4 rings (SSSR count). The van der Waals surface area contributed by atoms with Gasteiger partial charge < -0.3 is 10.6 Å². The lowest BCUT2D eigenvalue weighted by molar-refractivity contribution is -0.121. The molecule has 0 atom stereocenters. The fourth-order valence-corrected chi connectivity index (χ4v) is 4.88. The van der Waals surface area contributed by atoms with Crippen molar-refractivity contribution in [2.24, 2.45) is 5.92 Å². The third-order valence-corrected chi connectivity index (χ3v) is 6.77. The fourth-order valence-electron chi connectivity index (χ4n) is 3.45. The van der Waals surface area contributed by atoms with Gasteiger partial charge >= 0.3 is 0 Å². The van der Waals surface area contributed by atoms with E-state index < -0.39 is 11.6 Å². The van der Waals surface area contributed by atoms with E-state index in [1.54, 1.807) is 5.38 Å². The minimum Gasteiger partial charge on any atom is -0.302 e. The number of nitrogens with zero attached hydrogens (tertiary/aromatic N) is 3. The van der Waals surface area contributed by atoms with Crippen LogP contribution >= 0.6 is 22.7 Å². The van der Waals surface area contributed by atoms with E-state index in [-0.39, 0.29) is 24.3 Å². The van der Waals surface area contributed by atoms with Crippen molar-refractivity contribution in [2.75, 3.05) is 30.3 Å². The Hall–Kier alpha value is -2.76. The summed E-state index contributed by atoms with van der Waals surface area (Å²) < 4.78 is 26.5. The molecule has 0 bridgehead atoms. The first-order valence-corrected chi connectivity index (χ1v) is 11.8. The molecule has 2 N–H and O–H groups in total. The number of carbonyl (C=O) groups is 2. The second-order valence-corrected chi connectivity index (χ2v) is 9.26. The first-order chi connectivity index (χ1) is 15.4. The average molecular weight is 478 g/mol. The van der Waals surface area contributed by atoms with E-state index in [0.29, 0.717) is 47.5 Å². The highest BCUT2D eigenvalue weighted by Gasteiger charge is 2.26. The summed E-state index contributed by atoms with van der Waals surface area (Å²) in [7, 11) is 0. The first-order valence-electron chi connectivity index (χ1n) is 10.0. The number of benzene rings is 1. The van der Waals surface area contributed by atoms with Gasteiger partial charge in [-0.3, -0.25) is 14.5 Å². The summed E-state index contributed by atoms with van der Waals surface area (Å²) in [5.41, 5.74) is 1.78. The number of nitrogens with one attached hydrogen (secondary N) is 2. The number of anilines is 2. The standard InChI is InChI=1S/C21H21F2N5O2S2/c1-12-10-31-20(24-12)27-19(30)13-4-6-28(7-5-13)9-18(29)26-21-25-17(11-32-21)14-2-3-15(22)16(23)8-14/h2-3,8,10-11,13H,4-7,9H2,1H3,(H,24,27,30)(H,25,26,29). The SMILES string of the molecule is Cc1csc(NC(=O)C2CCN(CC(=O)Nc3nc(-c4ccc(F)c(F)c4)cs3)CC2)n1. The van der Waals surface area contributed by atoms with Crippen molar-refractivity contribution in [1.29, 1.82) is 0 Å². The van der Waals surface area contributed by atoms with E-state index in [4.69, 9.17) is 0 Å². The summed E-state index contributed by atoms with van der Waals surface area (Å²) in [4.78, 5) is 35.3. The van der Waals surface area contributed by atoms with Crippen molar-refractivity contribution in [3.63, 3.8) is 0 Å². The maximum Gasteiger partial charge on any atom is 0.240 e. The minimum absolute atomic E-state index is 0.0315. The van der Waals surface area contributed by atoms with Gasteiger partial charge in [0.05, 0.1) is 17.9 Å². The van der Waals surface area contributed by atoms with Crippen LogP contribution in [0.2, 0.25) is 0 Å². The Kier molecular flexibility index (Phi) is 6.87. The minimum atomic E-state index is -0.945. The molecule has 0 saturated carbocycles. The molecule has 0 spiro atoms. The van der Waals surface area contributed by atoms with Crippen LogP contribution < -0.4 is 10.6 Å². The first kappa shape index (κ1) is 22.4. The third kappa shape index (κ3) is 5.53. The number of hydrogen-bond donors (Lipinski definition) is 2. The summed E-state index contributed by atoms with van der Waals surface area (Å²) >= 11 is 2.62. The predicted octanol–water partition coefficient (Wildman–Crippen LogP) is 4.14. The van der Waals surface area contributed by atoms with Gasteiger partial charge in [0.2, 0.25) is 11.8 Å². The summed E-state index contributed by atoms with van der Waals surface area (Å²) in [5, 5.41) is 10.2. The largest absolute Gasteiger partial charge is 0.302 e. The zero-order chi connectivity index (χ0) is 22.7. The highest BCUT2D eigenvalue weighted by molar-refractivity contribution is 7.14. The molecule has 3 aromatic rings. The van der Waals surface area contributed by atoms with Crippen LogP contribution in [0.25, 0.3) is 11.3 Å². The zero-order valence-electron chi connectivity index (χ0n) is 17.2. The number of piperidine rings is 1. The van der Waals surface area contributed by atoms with Crippen LogP contribution in [0, 0.1) is 24.5 Å². The summed E-state index contributed by atoms with van der Waals surface area (Å²) in [6.07, 6.45) is 1.34. The van der Waals surface area contributed by atoms with Gasteiger partial charge in [-0.1, -0.05) is 0 Å². The van der Waals surface area contributed by atoms with Crippen LogP contribution in [0.15, 0.2) is 29.0 Å². The smallest absolute Gasteiger partial charge is 0.240 e. The van der Waals surface area contributed by atoms with E-state index in [1.165, 1.54) is 28.7 Å². The Bertz CT molecular complexity index is 1130. The molecule has 1 aliphatic rings. The van der Waals surface area contributed by atoms with Crippen molar-refractivity contribution >= 4 is 44.8 Å². The number of amides is 2. The average Bonchev–Trinajstić information content (AvgIpc) is 3.39. The molecule has 11 heteroatoms. The Balaban J connectivity index is 1.24. The van der Waals surface area contributed by atoms with Crippen molar-refractivity contribution in [3.8, 4) is 11.3 Å². The zero-order valence-corrected chi connectivity index (χ0v) is 18.9. The second kappa shape index (κ2) is 9.80. The highest BCUT2D eigenvalue weighted by Crippen LogP contribution is 2.26. The number of rotatable bonds is 6. The van der Waals surface area contributed by atoms with Gasteiger partial charge in [-0.25, -0.2) is 18.7 Å². The van der Waals surface area contributed by atoms with E-state index in [0.717, 1.165) is 17.8 Å². The van der Waals surface area contributed by atoms with Crippen LogP contribution in [0.3, 0.4) is 0 Å². The van der Waals surface area contributed by atoms with Crippen molar-refractivity contribution < 1.29 is 18.4 Å². The molecule has 3 heterocycles. The normalized spacial score (nSPS) is 15.0. The molecule has 7 nitrogen and oxygen atoms in total. The Morgan fingerprint density at radius 3 is 2.47 bits per heavy atom. The van der Waals surface area contributed by atoms with Gasteiger partial charge in [0.25, 0.3) is 0 Å². The van der Waals surface area contributed by atoms with E-state index in [2.05, 4.69) is 20.6 Å². The Morgan fingerprint density at radius 2 is 1.78 bits per heavy atom. The van der Waals surface area contributed by atoms with Gasteiger partial charge in [-0.2, -0.15) is 0 Å². The summed E-state index contributed by atoms with van der Waals surface area (Å²) in [6.45, 7) is 3.35. The van der Waals surface area contributed by atoms with E-state index in [1.807, 2.05) is 17.2 Å². The number of carbonyl (C=O) groups excluding carboxylic acids is 2. The summed E-state index contributed by atoms with van der Waals surface area (Å²) in [6, 6.07) is 3.56. The number of likely N-dealkylation sites (tertiary alicyclic amines) is 1. The molecule has 32 heavy (non-hydrogen) atoms. The van der Waals surface area contributed by atoms with Gasteiger partial charge in [0.1, 0.15) is 0 Å². The molecule has 1 aliphatic heterocycles. The molecular weight excluding hydrogens is 456 g/mol. The van der Waals surface area contributed by atoms with Gasteiger partial charge in [0.15, 0.2) is 21.9 Å². The fraction of sp³-hybridized carbons (Fsp3) is 0.333. The van der Waals surface area contributed by atoms with E-state index in [9.17, 15) is 18.4 Å². The van der Waals surface area contributed by atoms with E-state index >= 15 is 0 Å². The number of aryl methyl sites for hydroxylation is 1. The Labute approximate surface area is 191 Å². The predicted molar refractivity (Wildman–Crippen MR) is 121 cm³/mol. The molecule has 2 amide bonds. The topological polar surface area (TPSA) is 87.2 Å². The van der Waals surface area contributed by atoms with Crippen LogP contribution in [0.4, 0.5) is 19.0 Å². The van der Waals surface area contributed by atoms with Gasteiger partial charge in [0, 0.05) is 22.2 Å². The lowest BCUT2D eigenvalue weighted by Gasteiger charge is -2.30. The lowest BCUT2D eigenvalue weighted by atomic mass is 9.96. The molecular formula is C21H21F2N5O2S2. The molecule has 1 fully saturated rings. The van der Waals surface area contributed by atoms with Gasteiger partial charge in [-0.05, 0) is 51.1 Å². The van der Waals surface area contributed by atoms with Crippen LogP contribution in [0.5, 0.6) is 0 Å². The Morgan fingerprint density at radius 1 is 1.06 bits per heavy atom. The molecule has 1 saturated heterocycles. The van der Waals surface area contributed by atoms with Gasteiger partial charge in [-0.15, -0.1) is 22.7 Å². The maximum atomic E-state index is 13.4. The monoisotopic (exact) mass is 477 g/mol. The summed E-state index contributed by atoms with van der Waals surface area (Å²) in [5.74, 6) is -2.21. The number of halogens is 2. The third-order valence-electron chi connectivity index (χ3n) is 5.14. The van der Waals surface area contributed by atoms with Crippen LogP contribution in [-0.2, 0) is 9.59 Å². The molecule has 168 valence electrons. The maximum absolute atomic E-state index is 13.4. The van der Waals surface area contributed by atoms with Crippen LogP contribution in [0.1, 0.15) is 18.5 Å². The quantitative estimate of drug-likeness (QED) is 0.557. The van der Waals surface area contributed by atoms with Crippen molar-refractivity contribution in [1.82, 2.24) is 14.9 Å². The highest BCUT2D eigenvalue weighted by atomic mass is 32.1. The number of thiazole rings is 2. The lowest BCUT2D eigenvalue weighted by Crippen LogP contribution is -2.41. The number of hydrogen-bond acceptors (Lipinski definition) is 7. The van der Waals surface area contributed by atoms with Crippen molar-refractivity contribution in [2.45, 2.75) is 19.8 Å². The molecule has 0 aliphatic carbocycles. The molecule has 0 unspecified atom stereocenters. The van der Waals surface area contributed by atoms with Crippen molar-refractivity contribution in [3.05, 3.63) is 46.3 Å². The second-order valence-electron chi connectivity index (χ2n) is 7.55. The molecule has 2 aromatic heterocycles.